The van der Waals surface area contributed by atoms with Crippen molar-refractivity contribution in [1.29, 1.82) is 0 Å². The molecule has 0 heterocycles. The van der Waals surface area contributed by atoms with Gasteiger partial charge in [0.05, 0.1) is 5.56 Å². The van der Waals surface area contributed by atoms with Crippen LogP contribution in [0.25, 0.3) is 0 Å². The number of anilines is 1. The van der Waals surface area contributed by atoms with Crippen molar-refractivity contribution in [3.05, 3.63) is 28.2 Å². The topological polar surface area (TPSA) is 58.6 Å². The highest BCUT2D eigenvalue weighted by Gasteiger charge is 2.41. The molecule has 1 aliphatic rings. The Hall–Kier alpha value is -1.07. The van der Waals surface area contributed by atoms with Crippen molar-refractivity contribution in [2.75, 3.05) is 25.6 Å². The zero-order valence-electron chi connectivity index (χ0n) is 10.9. The number of aromatic carboxylic acids is 1. The quantitative estimate of drug-likeness (QED) is 0.806. The molecule has 0 aromatic heterocycles. The zero-order chi connectivity index (χ0) is 13.9. The average Bonchev–Trinajstić information content (AvgIpc) is 3.15. The van der Waals surface area contributed by atoms with Crippen molar-refractivity contribution < 1.29 is 14.6 Å². The molecule has 2 N–H and O–H groups in total. The molecule has 19 heavy (non-hydrogen) atoms. The maximum absolute atomic E-state index is 11.2. The summed E-state index contributed by atoms with van der Waals surface area (Å²) in [5, 5.41) is 12.5. The van der Waals surface area contributed by atoms with E-state index in [1.165, 1.54) is 12.8 Å². The van der Waals surface area contributed by atoms with Crippen molar-refractivity contribution in [1.82, 2.24) is 0 Å². The highest BCUT2D eigenvalue weighted by Crippen LogP contribution is 2.48. The van der Waals surface area contributed by atoms with E-state index in [1.807, 2.05) is 6.07 Å². The molecule has 0 amide bonds. The largest absolute Gasteiger partial charge is 0.478 e. The lowest BCUT2D eigenvalue weighted by Crippen LogP contribution is -2.18. The molecule has 0 aliphatic heterocycles. The summed E-state index contributed by atoms with van der Waals surface area (Å²) < 4.78 is 5.89. The molecule has 2 rings (SSSR count). The van der Waals surface area contributed by atoms with Gasteiger partial charge in [0.2, 0.25) is 0 Å². The molecule has 0 bridgehead atoms. The summed E-state index contributed by atoms with van der Waals surface area (Å²) in [6.07, 6.45) is 3.39. The van der Waals surface area contributed by atoms with Crippen LogP contribution in [-0.2, 0) is 4.74 Å². The molecule has 1 aromatic carbocycles. The average molecular weight is 328 g/mol. The molecule has 0 saturated heterocycles. The van der Waals surface area contributed by atoms with Gasteiger partial charge >= 0.3 is 5.97 Å². The van der Waals surface area contributed by atoms with Gasteiger partial charge in [-0.15, -0.1) is 0 Å². The maximum atomic E-state index is 11.2. The third-order valence-electron chi connectivity index (χ3n) is 3.66. The van der Waals surface area contributed by atoms with Crippen LogP contribution in [0.5, 0.6) is 0 Å². The summed E-state index contributed by atoms with van der Waals surface area (Å²) >= 11 is 3.29. The summed E-state index contributed by atoms with van der Waals surface area (Å²) in [6, 6.07) is 5.28. The molecule has 0 spiro atoms. The van der Waals surface area contributed by atoms with Crippen LogP contribution >= 0.6 is 15.9 Å². The minimum absolute atomic E-state index is 0.291. The Balaban J connectivity index is 2.01. The Morgan fingerprint density at radius 2 is 2.26 bits per heavy atom. The first-order valence-corrected chi connectivity index (χ1v) is 7.11. The van der Waals surface area contributed by atoms with E-state index in [-0.39, 0.29) is 0 Å². The summed E-state index contributed by atoms with van der Waals surface area (Å²) in [6.45, 7) is 1.56. The van der Waals surface area contributed by atoms with Crippen LogP contribution in [0.15, 0.2) is 22.7 Å². The summed E-state index contributed by atoms with van der Waals surface area (Å²) in [5.41, 5.74) is 1.27. The highest BCUT2D eigenvalue weighted by molar-refractivity contribution is 9.10. The fourth-order valence-electron chi connectivity index (χ4n) is 2.14. The zero-order valence-corrected chi connectivity index (χ0v) is 12.5. The molecule has 0 radical (unpaired) electrons. The lowest BCUT2D eigenvalue weighted by Gasteiger charge is -2.17. The van der Waals surface area contributed by atoms with Gasteiger partial charge in [-0.05, 0) is 42.9 Å². The van der Waals surface area contributed by atoms with Gasteiger partial charge in [-0.3, -0.25) is 0 Å². The highest BCUT2D eigenvalue weighted by atomic mass is 79.9. The van der Waals surface area contributed by atoms with E-state index in [1.54, 1.807) is 19.2 Å². The van der Waals surface area contributed by atoms with Gasteiger partial charge in [0.25, 0.3) is 0 Å². The monoisotopic (exact) mass is 327 g/mol. The first-order chi connectivity index (χ1) is 9.06. The summed E-state index contributed by atoms with van der Waals surface area (Å²) in [7, 11) is 1.71. The van der Waals surface area contributed by atoms with Crippen LogP contribution in [0.4, 0.5) is 5.69 Å². The standard InChI is InChI=1S/C14H18BrNO3/c1-19-7-6-14(4-5-14)9-16-12-3-2-10(15)8-11(12)13(17)18/h2-3,8,16H,4-7,9H2,1H3,(H,17,18). The Bertz CT molecular complexity index is 472. The number of nitrogens with one attached hydrogen (secondary N) is 1. The minimum atomic E-state index is -0.912. The Morgan fingerprint density at radius 1 is 1.53 bits per heavy atom. The van der Waals surface area contributed by atoms with E-state index in [0.29, 0.717) is 16.7 Å². The second-order valence-electron chi connectivity index (χ2n) is 5.09. The van der Waals surface area contributed by atoms with E-state index < -0.39 is 5.97 Å². The minimum Gasteiger partial charge on any atom is -0.478 e. The number of carbonyl (C=O) groups is 1. The number of methoxy groups -OCH3 is 1. The van der Waals surface area contributed by atoms with Gasteiger partial charge in [0, 0.05) is 30.4 Å². The number of carboxylic acids is 1. The number of carboxylic acid groups (broad SMARTS) is 1. The molecule has 4 nitrogen and oxygen atoms in total. The molecule has 104 valence electrons. The van der Waals surface area contributed by atoms with Gasteiger partial charge in [-0.25, -0.2) is 4.79 Å². The SMILES string of the molecule is COCCC1(CNc2ccc(Br)cc2C(=O)O)CC1. The van der Waals surface area contributed by atoms with Gasteiger partial charge in [0.1, 0.15) is 0 Å². The van der Waals surface area contributed by atoms with Crippen LogP contribution in [0.2, 0.25) is 0 Å². The van der Waals surface area contributed by atoms with Gasteiger partial charge in [0.15, 0.2) is 0 Å². The van der Waals surface area contributed by atoms with Crippen molar-refractivity contribution in [2.45, 2.75) is 19.3 Å². The van der Waals surface area contributed by atoms with Crippen LogP contribution < -0.4 is 5.32 Å². The lowest BCUT2D eigenvalue weighted by atomic mass is 10.0. The Morgan fingerprint density at radius 3 is 2.84 bits per heavy atom. The van der Waals surface area contributed by atoms with Crippen molar-refractivity contribution >= 4 is 27.6 Å². The van der Waals surface area contributed by atoms with Crippen LogP contribution in [0, 0.1) is 5.41 Å². The normalized spacial score (nSPS) is 16.1. The third-order valence-corrected chi connectivity index (χ3v) is 4.15. The van der Waals surface area contributed by atoms with Crippen LogP contribution in [0.1, 0.15) is 29.6 Å². The maximum Gasteiger partial charge on any atom is 0.337 e. The van der Waals surface area contributed by atoms with Crippen LogP contribution in [-0.4, -0.2) is 31.3 Å². The smallest absolute Gasteiger partial charge is 0.337 e. The summed E-state index contributed by atoms with van der Waals surface area (Å²) in [4.78, 5) is 11.2. The fourth-order valence-corrected chi connectivity index (χ4v) is 2.50. The van der Waals surface area contributed by atoms with Crippen molar-refractivity contribution in [3.8, 4) is 0 Å². The van der Waals surface area contributed by atoms with Gasteiger partial charge < -0.3 is 15.2 Å². The second-order valence-corrected chi connectivity index (χ2v) is 6.01. The van der Waals surface area contributed by atoms with E-state index in [2.05, 4.69) is 21.2 Å². The van der Waals surface area contributed by atoms with Crippen molar-refractivity contribution in [3.63, 3.8) is 0 Å². The molecule has 1 aromatic rings. The first kappa shape index (κ1) is 14.3. The van der Waals surface area contributed by atoms with Crippen LogP contribution in [0.3, 0.4) is 0 Å². The van der Waals surface area contributed by atoms with Gasteiger partial charge in [-0.1, -0.05) is 15.9 Å². The molecule has 0 unspecified atom stereocenters. The van der Waals surface area contributed by atoms with Gasteiger partial charge in [-0.2, -0.15) is 0 Å². The van der Waals surface area contributed by atoms with Crippen molar-refractivity contribution in [2.24, 2.45) is 5.41 Å². The van der Waals surface area contributed by atoms with E-state index >= 15 is 0 Å². The Labute approximate surface area is 121 Å². The second kappa shape index (κ2) is 5.92. The number of ether oxygens (including phenoxy) is 1. The van der Waals surface area contributed by atoms with E-state index in [0.717, 1.165) is 24.0 Å². The number of halogens is 1. The molecular weight excluding hydrogens is 310 g/mol. The Kier molecular flexibility index (Phi) is 4.47. The molecule has 1 aliphatic carbocycles. The molecule has 5 heteroatoms. The summed E-state index contributed by atoms with van der Waals surface area (Å²) in [5.74, 6) is -0.912. The molecule has 1 fully saturated rings. The lowest BCUT2D eigenvalue weighted by molar-refractivity contribution is 0.0697. The predicted molar refractivity (Wildman–Crippen MR) is 77.8 cm³/mol. The molecule has 1 saturated carbocycles. The first-order valence-electron chi connectivity index (χ1n) is 6.32. The predicted octanol–water partition coefficient (Wildman–Crippen LogP) is 3.38. The van der Waals surface area contributed by atoms with E-state index in [9.17, 15) is 9.90 Å². The number of hydrogen-bond acceptors (Lipinski definition) is 3. The fraction of sp³-hybridized carbons (Fsp3) is 0.500. The number of benzene rings is 1. The molecule has 0 atom stereocenters. The number of rotatable bonds is 7. The third kappa shape index (κ3) is 3.70. The number of hydrogen-bond donors (Lipinski definition) is 2. The van der Waals surface area contributed by atoms with E-state index in [4.69, 9.17) is 4.74 Å². The molecular formula is C14H18BrNO3.